The molecule has 0 bridgehead atoms. The standard InChI is InChI=1S/C16H25NOS/c17-14(9-8-13-6-4-10-18-13)16-11-12-5-2-1-3-7-15(12)19-16/h11,13-14H,1-10,17H2. The first-order chi connectivity index (χ1) is 9.33. The molecule has 0 spiro atoms. The van der Waals surface area contributed by atoms with Crippen molar-refractivity contribution in [2.45, 2.75) is 69.9 Å². The van der Waals surface area contributed by atoms with E-state index in [1.807, 2.05) is 11.3 Å². The molecule has 1 aromatic rings. The fourth-order valence-corrected chi connectivity index (χ4v) is 4.55. The molecule has 2 atom stereocenters. The van der Waals surface area contributed by atoms with Crippen LogP contribution in [0.4, 0.5) is 0 Å². The van der Waals surface area contributed by atoms with Gasteiger partial charge in [0.2, 0.25) is 0 Å². The molecule has 1 saturated heterocycles. The van der Waals surface area contributed by atoms with Gasteiger partial charge in [-0.25, -0.2) is 0 Å². The van der Waals surface area contributed by atoms with Crippen LogP contribution in [0.3, 0.4) is 0 Å². The van der Waals surface area contributed by atoms with E-state index in [4.69, 9.17) is 10.5 Å². The van der Waals surface area contributed by atoms with Gasteiger partial charge in [0.15, 0.2) is 0 Å². The Labute approximate surface area is 120 Å². The van der Waals surface area contributed by atoms with Gasteiger partial charge in [0, 0.05) is 22.4 Å². The van der Waals surface area contributed by atoms with Crippen LogP contribution in [0.2, 0.25) is 0 Å². The Kier molecular flexibility index (Phi) is 4.57. The molecular weight excluding hydrogens is 254 g/mol. The summed E-state index contributed by atoms with van der Waals surface area (Å²) in [6, 6.07) is 2.62. The number of aryl methyl sites for hydroxylation is 2. The van der Waals surface area contributed by atoms with Gasteiger partial charge in [-0.15, -0.1) is 11.3 Å². The highest BCUT2D eigenvalue weighted by Gasteiger charge is 2.19. The first-order valence-electron chi connectivity index (χ1n) is 7.81. The maximum atomic E-state index is 6.38. The van der Waals surface area contributed by atoms with Gasteiger partial charge in [0.05, 0.1) is 6.10 Å². The van der Waals surface area contributed by atoms with Crippen LogP contribution in [0.15, 0.2) is 6.07 Å². The van der Waals surface area contributed by atoms with Crippen LogP contribution in [0.1, 0.15) is 66.3 Å². The van der Waals surface area contributed by atoms with Crippen molar-refractivity contribution in [3.05, 3.63) is 21.4 Å². The van der Waals surface area contributed by atoms with Crippen molar-refractivity contribution in [3.63, 3.8) is 0 Å². The summed E-state index contributed by atoms with van der Waals surface area (Å²) >= 11 is 1.97. The molecular formula is C16H25NOS. The quantitative estimate of drug-likeness (QED) is 0.846. The molecule has 0 saturated carbocycles. The summed E-state index contributed by atoms with van der Waals surface area (Å²) in [5, 5.41) is 0. The van der Waals surface area contributed by atoms with Crippen LogP contribution in [0.5, 0.6) is 0 Å². The number of hydrogen-bond acceptors (Lipinski definition) is 3. The SMILES string of the molecule is NC(CCC1CCCO1)c1cc2c(s1)CCCCC2. The topological polar surface area (TPSA) is 35.2 Å². The Hall–Kier alpha value is -0.380. The highest BCUT2D eigenvalue weighted by Crippen LogP contribution is 2.33. The Balaban J connectivity index is 1.58. The summed E-state index contributed by atoms with van der Waals surface area (Å²) in [6.07, 6.45) is 11.8. The van der Waals surface area contributed by atoms with Crippen molar-refractivity contribution in [2.24, 2.45) is 5.73 Å². The Morgan fingerprint density at radius 2 is 2.16 bits per heavy atom. The van der Waals surface area contributed by atoms with E-state index in [-0.39, 0.29) is 6.04 Å². The zero-order valence-corrected chi connectivity index (χ0v) is 12.5. The van der Waals surface area contributed by atoms with Gasteiger partial charge >= 0.3 is 0 Å². The highest BCUT2D eigenvalue weighted by atomic mass is 32.1. The smallest absolute Gasteiger partial charge is 0.0576 e. The summed E-state index contributed by atoms with van der Waals surface area (Å²) in [5.41, 5.74) is 7.97. The van der Waals surface area contributed by atoms with E-state index in [2.05, 4.69) is 6.07 Å². The lowest BCUT2D eigenvalue weighted by Crippen LogP contribution is -2.13. The number of thiophene rings is 1. The van der Waals surface area contributed by atoms with Crippen molar-refractivity contribution in [2.75, 3.05) is 6.61 Å². The number of ether oxygens (including phenoxy) is 1. The Morgan fingerprint density at radius 1 is 1.26 bits per heavy atom. The molecule has 0 amide bonds. The van der Waals surface area contributed by atoms with Gasteiger partial charge in [0.25, 0.3) is 0 Å². The van der Waals surface area contributed by atoms with Gasteiger partial charge in [-0.2, -0.15) is 0 Å². The lowest BCUT2D eigenvalue weighted by atomic mass is 10.0. The molecule has 0 aromatic carbocycles. The van der Waals surface area contributed by atoms with Gasteiger partial charge in [-0.3, -0.25) is 0 Å². The molecule has 2 unspecified atom stereocenters. The van der Waals surface area contributed by atoms with E-state index in [1.165, 1.54) is 49.8 Å². The van der Waals surface area contributed by atoms with Crippen molar-refractivity contribution in [1.82, 2.24) is 0 Å². The molecule has 106 valence electrons. The van der Waals surface area contributed by atoms with Crippen LogP contribution in [0.25, 0.3) is 0 Å². The van der Waals surface area contributed by atoms with Crippen LogP contribution < -0.4 is 5.73 Å². The van der Waals surface area contributed by atoms with E-state index in [9.17, 15) is 0 Å². The third-order valence-electron chi connectivity index (χ3n) is 4.45. The van der Waals surface area contributed by atoms with E-state index < -0.39 is 0 Å². The molecule has 1 aromatic heterocycles. The molecule has 2 N–H and O–H groups in total. The van der Waals surface area contributed by atoms with E-state index >= 15 is 0 Å². The van der Waals surface area contributed by atoms with Gasteiger partial charge in [-0.1, -0.05) is 6.42 Å². The number of rotatable bonds is 4. The van der Waals surface area contributed by atoms with Crippen LogP contribution in [0, 0.1) is 0 Å². The molecule has 2 nitrogen and oxygen atoms in total. The van der Waals surface area contributed by atoms with Crippen LogP contribution >= 0.6 is 11.3 Å². The minimum atomic E-state index is 0.223. The maximum Gasteiger partial charge on any atom is 0.0576 e. The van der Waals surface area contributed by atoms with E-state index in [1.54, 1.807) is 10.4 Å². The second-order valence-electron chi connectivity index (χ2n) is 5.98. The van der Waals surface area contributed by atoms with Crippen molar-refractivity contribution >= 4 is 11.3 Å². The molecule has 1 aliphatic heterocycles. The average molecular weight is 279 g/mol. The summed E-state index contributed by atoms with van der Waals surface area (Å²) < 4.78 is 5.68. The van der Waals surface area contributed by atoms with E-state index in [0.717, 1.165) is 19.4 Å². The fourth-order valence-electron chi connectivity index (χ4n) is 3.25. The number of fused-ring (bicyclic) bond motifs is 1. The lowest BCUT2D eigenvalue weighted by molar-refractivity contribution is 0.101. The van der Waals surface area contributed by atoms with Crippen LogP contribution in [-0.2, 0) is 17.6 Å². The second-order valence-corrected chi connectivity index (χ2v) is 7.15. The molecule has 1 fully saturated rings. The Morgan fingerprint density at radius 3 is 3.00 bits per heavy atom. The van der Waals surface area contributed by atoms with Gasteiger partial charge < -0.3 is 10.5 Å². The predicted molar refractivity (Wildman–Crippen MR) is 80.7 cm³/mol. The minimum Gasteiger partial charge on any atom is -0.378 e. The van der Waals surface area contributed by atoms with Crippen molar-refractivity contribution in [3.8, 4) is 0 Å². The van der Waals surface area contributed by atoms with Crippen LogP contribution in [-0.4, -0.2) is 12.7 Å². The molecule has 2 heterocycles. The predicted octanol–water partition coefficient (Wildman–Crippen LogP) is 3.98. The van der Waals surface area contributed by atoms with E-state index in [0.29, 0.717) is 6.10 Å². The maximum absolute atomic E-state index is 6.38. The Bertz CT molecular complexity index is 385. The highest BCUT2D eigenvalue weighted by molar-refractivity contribution is 7.12. The number of nitrogens with two attached hydrogens (primary N) is 1. The molecule has 3 heteroatoms. The summed E-state index contributed by atoms with van der Waals surface area (Å²) in [7, 11) is 0. The summed E-state index contributed by atoms with van der Waals surface area (Å²) in [6.45, 7) is 0.952. The first-order valence-corrected chi connectivity index (χ1v) is 8.63. The first kappa shape index (κ1) is 13.6. The zero-order valence-electron chi connectivity index (χ0n) is 11.7. The van der Waals surface area contributed by atoms with Crippen molar-refractivity contribution < 1.29 is 4.74 Å². The molecule has 0 radical (unpaired) electrons. The normalized spacial score (nSPS) is 25.0. The fraction of sp³-hybridized carbons (Fsp3) is 0.750. The average Bonchev–Trinajstić information content (AvgIpc) is 3.02. The third kappa shape index (κ3) is 3.39. The molecule has 2 aliphatic rings. The largest absolute Gasteiger partial charge is 0.378 e. The van der Waals surface area contributed by atoms with Crippen molar-refractivity contribution in [1.29, 1.82) is 0 Å². The minimum absolute atomic E-state index is 0.223. The summed E-state index contributed by atoms with van der Waals surface area (Å²) in [4.78, 5) is 3.02. The third-order valence-corrected chi connectivity index (χ3v) is 5.82. The molecule has 3 rings (SSSR count). The molecule has 19 heavy (non-hydrogen) atoms. The monoisotopic (exact) mass is 279 g/mol. The molecule has 1 aliphatic carbocycles. The zero-order chi connectivity index (χ0) is 13.1. The van der Waals surface area contributed by atoms with Gasteiger partial charge in [-0.05, 0) is 63.0 Å². The van der Waals surface area contributed by atoms with Gasteiger partial charge in [0.1, 0.15) is 0 Å². The lowest BCUT2D eigenvalue weighted by Gasteiger charge is -2.13. The second kappa shape index (κ2) is 6.38. The number of hydrogen-bond donors (Lipinski definition) is 1. The summed E-state index contributed by atoms with van der Waals surface area (Å²) in [5.74, 6) is 0.